The summed E-state index contributed by atoms with van der Waals surface area (Å²) >= 11 is 7.30. The minimum Gasteiger partial charge on any atom is -0.356 e. The van der Waals surface area contributed by atoms with Crippen LogP contribution in [0.2, 0.25) is 0 Å². The van der Waals surface area contributed by atoms with E-state index in [-0.39, 0.29) is 6.04 Å². The normalized spacial score (nSPS) is 11.6. The molecule has 2 N–H and O–H groups in total. The second-order valence-electron chi connectivity index (χ2n) is 6.53. The number of nitrogens with one attached hydrogen (secondary N) is 2. The molecule has 0 aliphatic heterocycles. The molecule has 0 bridgehead atoms. The van der Waals surface area contributed by atoms with Crippen LogP contribution in [-0.4, -0.2) is 5.11 Å². The van der Waals surface area contributed by atoms with Gasteiger partial charge in [-0.15, -0.1) is 11.8 Å². The van der Waals surface area contributed by atoms with Crippen LogP contribution in [0.1, 0.15) is 29.7 Å². The van der Waals surface area contributed by atoms with Crippen molar-refractivity contribution in [3.8, 4) is 0 Å². The van der Waals surface area contributed by atoms with Gasteiger partial charge in [0.1, 0.15) is 0 Å². The molecule has 0 spiro atoms. The molecular weight excluding hydrogens is 368 g/mol. The lowest BCUT2D eigenvalue weighted by Crippen LogP contribution is -2.30. The Morgan fingerprint density at radius 2 is 1.59 bits per heavy atom. The molecule has 0 aliphatic carbocycles. The monoisotopic (exact) mass is 392 g/mol. The van der Waals surface area contributed by atoms with Crippen molar-refractivity contribution >= 4 is 34.8 Å². The highest BCUT2D eigenvalue weighted by molar-refractivity contribution is 7.98. The van der Waals surface area contributed by atoms with Gasteiger partial charge in [-0.25, -0.2) is 0 Å². The SMILES string of the molecule is Cc1ccc([C@H](C)NC(=S)Nc2ccc(CSc3ccccc3)cc2)cc1. The van der Waals surface area contributed by atoms with Gasteiger partial charge in [0.25, 0.3) is 0 Å². The molecule has 0 radical (unpaired) electrons. The molecular formula is C23H24N2S2. The van der Waals surface area contributed by atoms with E-state index in [0.717, 1.165) is 11.4 Å². The largest absolute Gasteiger partial charge is 0.356 e. The fourth-order valence-corrected chi connectivity index (χ4v) is 3.84. The van der Waals surface area contributed by atoms with Crippen LogP contribution in [0.3, 0.4) is 0 Å². The van der Waals surface area contributed by atoms with Crippen molar-refractivity contribution in [2.24, 2.45) is 0 Å². The molecule has 27 heavy (non-hydrogen) atoms. The number of rotatable bonds is 6. The van der Waals surface area contributed by atoms with Crippen molar-refractivity contribution in [1.82, 2.24) is 5.32 Å². The summed E-state index contributed by atoms with van der Waals surface area (Å²) in [5, 5.41) is 7.24. The third-order valence-corrected chi connectivity index (χ3v) is 5.59. The summed E-state index contributed by atoms with van der Waals surface area (Å²) in [6, 6.07) is 27.6. The summed E-state index contributed by atoms with van der Waals surface area (Å²) in [5.41, 5.74) is 4.77. The maximum Gasteiger partial charge on any atom is 0.171 e. The molecule has 1 atom stereocenters. The van der Waals surface area contributed by atoms with Gasteiger partial charge in [-0.2, -0.15) is 0 Å². The number of hydrogen-bond donors (Lipinski definition) is 2. The van der Waals surface area contributed by atoms with Crippen LogP contribution in [-0.2, 0) is 5.75 Å². The highest BCUT2D eigenvalue weighted by atomic mass is 32.2. The molecule has 4 heteroatoms. The van der Waals surface area contributed by atoms with E-state index in [1.807, 2.05) is 17.8 Å². The standard InChI is InChI=1S/C23H24N2S2/c1-17-8-12-20(13-9-17)18(2)24-23(26)25-21-14-10-19(11-15-21)16-27-22-6-4-3-5-7-22/h3-15,18H,16H2,1-2H3,(H2,24,25,26)/t18-/m0/s1. The molecule has 3 rings (SSSR count). The second kappa shape index (κ2) is 9.58. The Morgan fingerprint density at radius 3 is 2.26 bits per heavy atom. The molecule has 0 aromatic heterocycles. The van der Waals surface area contributed by atoms with Crippen molar-refractivity contribution in [3.05, 3.63) is 95.6 Å². The zero-order valence-corrected chi connectivity index (χ0v) is 17.2. The summed E-state index contributed by atoms with van der Waals surface area (Å²) in [6.07, 6.45) is 0. The van der Waals surface area contributed by atoms with Crippen molar-refractivity contribution in [2.75, 3.05) is 5.32 Å². The molecule has 3 aromatic rings. The molecule has 0 saturated heterocycles. The van der Waals surface area contributed by atoms with Crippen LogP contribution in [0.4, 0.5) is 5.69 Å². The van der Waals surface area contributed by atoms with Crippen LogP contribution in [0, 0.1) is 6.92 Å². The average molecular weight is 393 g/mol. The molecule has 2 nitrogen and oxygen atoms in total. The van der Waals surface area contributed by atoms with E-state index in [2.05, 4.69) is 97.3 Å². The van der Waals surface area contributed by atoms with E-state index < -0.39 is 0 Å². The number of hydrogen-bond acceptors (Lipinski definition) is 2. The van der Waals surface area contributed by atoms with Gasteiger partial charge in [-0.1, -0.05) is 60.2 Å². The predicted molar refractivity (Wildman–Crippen MR) is 121 cm³/mol. The Kier molecular flexibility index (Phi) is 6.91. The Hall–Kier alpha value is -2.30. The van der Waals surface area contributed by atoms with Crippen molar-refractivity contribution < 1.29 is 0 Å². The predicted octanol–water partition coefficient (Wildman–Crippen LogP) is 6.33. The van der Waals surface area contributed by atoms with Gasteiger partial charge in [0.2, 0.25) is 0 Å². The highest BCUT2D eigenvalue weighted by Gasteiger charge is 2.07. The second-order valence-corrected chi connectivity index (χ2v) is 7.99. The van der Waals surface area contributed by atoms with Crippen LogP contribution in [0.25, 0.3) is 0 Å². The lowest BCUT2D eigenvalue weighted by atomic mass is 10.1. The van der Waals surface area contributed by atoms with E-state index in [9.17, 15) is 0 Å². The van der Waals surface area contributed by atoms with Crippen LogP contribution < -0.4 is 10.6 Å². The summed E-state index contributed by atoms with van der Waals surface area (Å²) in [5.74, 6) is 0.956. The third kappa shape index (κ3) is 6.12. The summed E-state index contributed by atoms with van der Waals surface area (Å²) in [4.78, 5) is 1.29. The molecule has 0 saturated carbocycles. The Labute approximate surface area is 171 Å². The molecule has 0 aliphatic rings. The van der Waals surface area contributed by atoms with E-state index in [1.54, 1.807) is 0 Å². The zero-order valence-electron chi connectivity index (χ0n) is 15.6. The highest BCUT2D eigenvalue weighted by Crippen LogP contribution is 2.23. The Bertz CT molecular complexity index is 859. The van der Waals surface area contributed by atoms with Crippen LogP contribution in [0.15, 0.2) is 83.8 Å². The number of thiocarbonyl (C=S) groups is 1. The molecule has 3 aromatic carbocycles. The average Bonchev–Trinajstić information content (AvgIpc) is 2.68. The molecule has 0 heterocycles. The van der Waals surface area contributed by atoms with E-state index in [1.165, 1.54) is 21.6 Å². The van der Waals surface area contributed by atoms with E-state index in [4.69, 9.17) is 12.2 Å². The molecule has 138 valence electrons. The number of anilines is 1. The zero-order chi connectivity index (χ0) is 19.1. The first-order valence-corrected chi connectivity index (χ1v) is 10.4. The lowest BCUT2D eigenvalue weighted by Gasteiger charge is -2.17. The Morgan fingerprint density at radius 1 is 0.926 bits per heavy atom. The van der Waals surface area contributed by atoms with Crippen LogP contribution in [0.5, 0.6) is 0 Å². The van der Waals surface area contributed by atoms with E-state index >= 15 is 0 Å². The topological polar surface area (TPSA) is 24.1 Å². The van der Waals surface area contributed by atoms with Crippen molar-refractivity contribution in [1.29, 1.82) is 0 Å². The first-order chi connectivity index (χ1) is 13.1. The Balaban J connectivity index is 1.50. The smallest absolute Gasteiger partial charge is 0.171 e. The fourth-order valence-electron chi connectivity index (χ4n) is 2.67. The maximum absolute atomic E-state index is 5.46. The fraction of sp³-hybridized carbons (Fsp3) is 0.174. The third-order valence-electron chi connectivity index (χ3n) is 4.29. The minimum atomic E-state index is 0.159. The van der Waals surface area contributed by atoms with Gasteiger partial charge < -0.3 is 10.6 Å². The van der Waals surface area contributed by atoms with Crippen molar-refractivity contribution in [3.63, 3.8) is 0 Å². The minimum absolute atomic E-state index is 0.159. The van der Waals surface area contributed by atoms with Gasteiger partial charge in [0, 0.05) is 16.3 Å². The number of aryl methyl sites for hydroxylation is 1. The quantitative estimate of drug-likeness (QED) is 0.378. The number of thioether (sulfide) groups is 1. The van der Waals surface area contributed by atoms with Gasteiger partial charge in [0.15, 0.2) is 5.11 Å². The number of benzene rings is 3. The first kappa shape index (κ1) is 19.5. The summed E-state index contributed by atoms with van der Waals surface area (Å²) < 4.78 is 0. The molecule has 0 unspecified atom stereocenters. The van der Waals surface area contributed by atoms with E-state index in [0.29, 0.717) is 5.11 Å². The summed E-state index contributed by atoms with van der Waals surface area (Å²) in [6.45, 7) is 4.21. The molecule has 0 fully saturated rings. The van der Waals surface area contributed by atoms with Gasteiger partial charge >= 0.3 is 0 Å². The van der Waals surface area contributed by atoms with Gasteiger partial charge in [-0.3, -0.25) is 0 Å². The van der Waals surface area contributed by atoms with Crippen LogP contribution >= 0.6 is 24.0 Å². The molecule has 0 amide bonds. The van der Waals surface area contributed by atoms with Gasteiger partial charge in [-0.05, 0) is 61.5 Å². The summed E-state index contributed by atoms with van der Waals surface area (Å²) in [7, 11) is 0. The van der Waals surface area contributed by atoms with Gasteiger partial charge in [0.05, 0.1) is 6.04 Å². The lowest BCUT2D eigenvalue weighted by molar-refractivity contribution is 0.722. The maximum atomic E-state index is 5.46. The van der Waals surface area contributed by atoms with Crippen molar-refractivity contribution in [2.45, 2.75) is 30.5 Å². The first-order valence-electron chi connectivity index (χ1n) is 9.01.